The average Bonchev–Trinajstić information content (AvgIpc) is 2.25. The lowest BCUT2D eigenvalue weighted by Gasteiger charge is -2.35. The number of carbonyl (C=O) groups excluding carboxylic acids is 2. The van der Waals surface area contributed by atoms with E-state index in [1.165, 1.54) is 0 Å². The van der Waals surface area contributed by atoms with Crippen LogP contribution in [0.25, 0.3) is 0 Å². The molecule has 1 saturated heterocycles. The summed E-state index contributed by atoms with van der Waals surface area (Å²) >= 11 is 0. The molecule has 0 bridgehead atoms. The Labute approximate surface area is 102 Å². The highest BCUT2D eigenvalue weighted by Crippen LogP contribution is 2.20. The molecule has 0 aromatic rings. The zero-order valence-corrected chi connectivity index (χ0v) is 10.9. The van der Waals surface area contributed by atoms with Crippen molar-refractivity contribution in [1.82, 2.24) is 10.2 Å². The van der Waals surface area contributed by atoms with Gasteiger partial charge in [-0.15, -0.1) is 0 Å². The van der Waals surface area contributed by atoms with Crippen LogP contribution in [-0.2, 0) is 9.53 Å². The average molecular weight is 242 g/mol. The summed E-state index contributed by atoms with van der Waals surface area (Å²) in [5.74, 6) is 1.03. The molecule has 5 heteroatoms. The number of rotatable bonds is 3. The highest BCUT2D eigenvalue weighted by atomic mass is 16.5. The number of nitrogens with one attached hydrogen (secondary N) is 1. The number of piperidine rings is 1. The fraction of sp³-hybridized carbons (Fsp3) is 0.833. The molecule has 1 aliphatic heterocycles. The second-order valence-electron chi connectivity index (χ2n) is 4.82. The molecule has 2 amide bonds. The number of ether oxygens (including phenoxy) is 1. The Hall–Kier alpha value is -1.26. The number of hydrogen-bond donors (Lipinski definition) is 1. The van der Waals surface area contributed by atoms with Gasteiger partial charge in [0.25, 0.3) is 0 Å². The van der Waals surface area contributed by atoms with Crippen molar-refractivity contribution in [3.8, 4) is 0 Å². The fourth-order valence-corrected chi connectivity index (χ4v) is 2.31. The number of alkyl carbamates (subject to hydrolysis) is 1. The van der Waals surface area contributed by atoms with Crippen LogP contribution in [-0.4, -0.2) is 43.1 Å². The molecule has 0 unspecified atom stereocenters. The number of amides is 2. The second-order valence-corrected chi connectivity index (χ2v) is 4.82. The minimum absolute atomic E-state index is 0.0261. The van der Waals surface area contributed by atoms with Gasteiger partial charge in [-0.25, -0.2) is 4.79 Å². The van der Waals surface area contributed by atoms with Crippen LogP contribution in [0.15, 0.2) is 0 Å². The van der Waals surface area contributed by atoms with E-state index in [9.17, 15) is 9.59 Å². The van der Waals surface area contributed by atoms with E-state index in [0.717, 1.165) is 19.5 Å². The highest BCUT2D eigenvalue weighted by Gasteiger charge is 2.25. The van der Waals surface area contributed by atoms with E-state index >= 15 is 0 Å². The van der Waals surface area contributed by atoms with Gasteiger partial charge in [-0.3, -0.25) is 4.79 Å². The molecule has 2 atom stereocenters. The summed E-state index contributed by atoms with van der Waals surface area (Å²) in [5.41, 5.74) is 0. The molecule has 0 spiro atoms. The third kappa shape index (κ3) is 4.63. The first-order valence-corrected chi connectivity index (χ1v) is 6.21. The standard InChI is InChI=1S/C12H22N2O3/c1-4-17-12(16)13-6-11(15)14-7-9(2)5-10(3)8-14/h9-10H,4-8H2,1-3H3,(H,13,16)/t9-,10-/m1/s1. The van der Waals surface area contributed by atoms with Crippen LogP contribution < -0.4 is 5.32 Å². The molecule has 1 fully saturated rings. The fourth-order valence-electron chi connectivity index (χ4n) is 2.31. The summed E-state index contributed by atoms with van der Waals surface area (Å²) in [7, 11) is 0. The van der Waals surface area contributed by atoms with Crippen LogP contribution in [0, 0.1) is 11.8 Å². The van der Waals surface area contributed by atoms with Crippen LogP contribution in [0.1, 0.15) is 27.2 Å². The van der Waals surface area contributed by atoms with E-state index in [0.29, 0.717) is 18.4 Å². The summed E-state index contributed by atoms with van der Waals surface area (Å²) in [5, 5.41) is 2.46. The summed E-state index contributed by atoms with van der Waals surface area (Å²) in [6, 6.07) is 0. The number of hydrogen-bond acceptors (Lipinski definition) is 3. The number of nitrogens with zero attached hydrogens (tertiary/aromatic N) is 1. The van der Waals surface area contributed by atoms with Gasteiger partial charge in [-0.05, 0) is 25.2 Å². The summed E-state index contributed by atoms with van der Waals surface area (Å²) < 4.78 is 4.70. The Balaban J connectivity index is 2.34. The first kappa shape index (κ1) is 13.8. The van der Waals surface area contributed by atoms with Gasteiger partial charge in [0.05, 0.1) is 6.61 Å². The molecule has 17 heavy (non-hydrogen) atoms. The van der Waals surface area contributed by atoms with E-state index in [-0.39, 0.29) is 12.5 Å². The molecular formula is C12H22N2O3. The molecule has 0 radical (unpaired) electrons. The normalized spacial score (nSPS) is 24.3. The van der Waals surface area contributed by atoms with E-state index in [1.54, 1.807) is 6.92 Å². The van der Waals surface area contributed by atoms with Gasteiger partial charge >= 0.3 is 6.09 Å². The van der Waals surface area contributed by atoms with Crippen molar-refractivity contribution in [2.75, 3.05) is 26.2 Å². The van der Waals surface area contributed by atoms with Crippen LogP contribution in [0.2, 0.25) is 0 Å². The smallest absolute Gasteiger partial charge is 0.407 e. The first-order valence-electron chi connectivity index (χ1n) is 6.21. The molecule has 5 nitrogen and oxygen atoms in total. The van der Waals surface area contributed by atoms with E-state index in [2.05, 4.69) is 19.2 Å². The minimum Gasteiger partial charge on any atom is -0.450 e. The summed E-state index contributed by atoms with van der Waals surface area (Å²) in [4.78, 5) is 24.7. The maximum absolute atomic E-state index is 11.9. The Kier molecular flexibility index (Phi) is 5.25. The number of likely N-dealkylation sites (tertiary alicyclic amines) is 1. The molecule has 1 heterocycles. The van der Waals surface area contributed by atoms with Crippen molar-refractivity contribution in [1.29, 1.82) is 0 Å². The predicted octanol–water partition coefficient (Wildman–Crippen LogP) is 1.24. The summed E-state index contributed by atoms with van der Waals surface area (Å²) in [6.45, 7) is 7.94. The van der Waals surface area contributed by atoms with Gasteiger partial charge in [-0.2, -0.15) is 0 Å². The van der Waals surface area contributed by atoms with E-state index in [4.69, 9.17) is 4.74 Å². The largest absolute Gasteiger partial charge is 0.450 e. The molecular weight excluding hydrogens is 220 g/mol. The van der Waals surface area contributed by atoms with Crippen LogP contribution in [0.3, 0.4) is 0 Å². The van der Waals surface area contributed by atoms with Gasteiger partial charge in [0, 0.05) is 13.1 Å². The molecule has 98 valence electrons. The minimum atomic E-state index is -0.529. The van der Waals surface area contributed by atoms with Gasteiger partial charge in [-0.1, -0.05) is 13.8 Å². The first-order chi connectivity index (χ1) is 8.02. The third-order valence-electron chi connectivity index (χ3n) is 2.88. The van der Waals surface area contributed by atoms with Gasteiger partial charge in [0.2, 0.25) is 5.91 Å². The van der Waals surface area contributed by atoms with Gasteiger partial charge in [0.1, 0.15) is 6.54 Å². The van der Waals surface area contributed by atoms with Crippen LogP contribution >= 0.6 is 0 Å². The molecule has 0 saturated carbocycles. The van der Waals surface area contributed by atoms with Crippen LogP contribution in [0.5, 0.6) is 0 Å². The molecule has 0 aliphatic carbocycles. The highest BCUT2D eigenvalue weighted by molar-refractivity contribution is 5.82. The van der Waals surface area contributed by atoms with Crippen molar-refractivity contribution in [2.24, 2.45) is 11.8 Å². The van der Waals surface area contributed by atoms with Crippen molar-refractivity contribution < 1.29 is 14.3 Å². The van der Waals surface area contributed by atoms with Crippen molar-refractivity contribution in [3.05, 3.63) is 0 Å². The molecule has 1 rings (SSSR count). The Bertz CT molecular complexity index is 271. The Morgan fingerprint density at radius 3 is 2.41 bits per heavy atom. The van der Waals surface area contributed by atoms with Crippen molar-refractivity contribution in [2.45, 2.75) is 27.2 Å². The zero-order chi connectivity index (χ0) is 12.8. The Morgan fingerprint density at radius 2 is 1.88 bits per heavy atom. The molecule has 1 N–H and O–H groups in total. The van der Waals surface area contributed by atoms with Crippen LogP contribution in [0.4, 0.5) is 4.79 Å². The SMILES string of the molecule is CCOC(=O)NCC(=O)N1C[C@H](C)C[C@@H](C)C1. The molecule has 0 aromatic heterocycles. The Morgan fingerprint density at radius 1 is 1.29 bits per heavy atom. The molecule has 1 aliphatic rings. The van der Waals surface area contributed by atoms with Crippen molar-refractivity contribution >= 4 is 12.0 Å². The second kappa shape index (κ2) is 6.47. The maximum Gasteiger partial charge on any atom is 0.407 e. The lowest BCUT2D eigenvalue weighted by Crippen LogP contribution is -2.46. The lowest BCUT2D eigenvalue weighted by molar-refractivity contribution is -0.132. The quantitative estimate of drug-likeness (QED) is 0.810. The topological polar surface area (TPSA) is 58.6 Å². The summed E-state index contributed by atoms with van der Waals surface area (Å²) in [6.07, 6.45) is 0.633. The maximum atomic E-state index is 11.9. The number of carbonyl (C=O) groups is 2. The zero-order valence-electron chi connectivity index (χ0n) is 10.9. The predicted molar refractivity (Wildman–Crippen MR) is 64.5 cm³/mol. The molecule has 0 aromatic carbocycles. The van der Waals surface area contributed by atoms with Gasteiger partial charge < -0.3 is 15.0 Å². The third-order valence-corrected chi connectivity index (χ3v) is 2.88. The van der Waals surface area contributed by atoms with E-state index < -0.39 is 6.09 Å². The van der Waals surface area contributed by atoms with E-state index in [1.807, 2.05) is 4.90 Å². The monoisotopic (exact) mass is 242 g/mol. The van der Waals surface area contributed by atoms with Crippen molar-refractivity contribution in [3.63, 3.8) is 0 Å². The van der Waals surface area contributed by atoms with Gasteiger partial charge in [0.15, 0.2) is 0 Å². The lowest BCUT2D eigenvalue weighted by atomic mass is 9.92.